The van der Waals surface area contributed by atoms with Gasteiger partial charge in [0.05, 0.1) is 11.4 Å². The van der Waals surface area contributed by atoms with Crippen molar-refractivity contribution in [2.45, 2.75) is 66.3 Å². The van der Waals surface area contributed by atoms with Crippen LogP contribution in [-0.2, 0) is 16.1 Å². The number of rotatable bonds is 6. The molecule has 0 aliphatic rings. The van der Waals surface area contributed by atoms with E-state index in [1.807, 2.05) is 30.3 Å². The highest BCUT2D eigenvalue weighted by Gasteiger charge is 2.34. The smallest absolute Gasteiger partial charge is 0.424 e. The van der Waals surface area contributed by atoms with E-state index in [1.54, 1.807) is 60.6 Å². The summed E-state index contributed by atoms with van der Waals surface area (Å²) in [7, 11) is 0. The number of benzene rings is 2. The van der Waals surface area contributed by atoms with Gasteiger partial charge in [0.1, 0.15) is 29.9 Å². The first kappa shape index (κ1) is 28.9. The quantitative estimate of drug-likeness (QED) is 0.291. The second-order valence-corrected chi connectivity index (χ2v) is 11.2. The SMILES string of the molecule is Cc1ncnc(Oc2ccc(Br)c(N(C(=O)OC(C)(C)C)C(=O)OC(C)(C)C)c2)c1OCc1ccccc1. The summed E-state index contributed by atoms with van der Waals surface area (Å²) in [5.74, 6) is 0.850. The van der Waals surface area contributed by atoms with Crippen LogP contribution in [0.4, 0.5) is 15.3 Å². The van der Waals surface area contributed by atoms with E-state index in [0.717, 1.165) is 10.5 Å². The van der Waals surface area contributed by atoms with E-state index in [2.05, 4.69) is 25.9 Å². The summed E-state index contributed by atoms with van der Waals surface area (Å²) in [6.45, 7) is 12.3. The monoisotopic (exact) mass is 585 g/mol. The molecule has 202 valence electrons. The van der Waals surface area contributed by atoms with Crippen LogP contribution in [0.1, 0.15) is 52.8 Å². The van der Waals surface area contributed by atoms with Gasteiger partial charge in [-0.1, -0.05) is 30.3 Å². The minimum atomic E-state index is -0.894. The Kier molecular flexibility index (Phi) is 8.98. The van der Waals surface area contributed by atoms with Crippen molar-refractivity contribution in [3.05, 3.63) is 70.6 Å². The van der Waals surface area contributed by atoms with E-state index >= 15 is 0 Å². The summed E-state index contributed by atoms with van der Waals surface area (Å²) >= 11 is 3.43. The maximum Gasteiger partial charge on any atom is 0.424 e. The van der Waals surface area contributed by atoms with Gasteiger partial charge in [0, 0.05) is 10.5 Å². The van der Waals surface area contributed by atoms with Crippen molar-refractivity contribution in [2.24, 2.45) is 0 Å². The van der Waals surface area contributed by atoms with Crippen LogP contribution >= 0.6 is 15.9 Å². The first-order valence-corrected chi connectivity index (χ1v) is 12.7. The van der Waals surface area contributed by atoms with Gasteiger partial charge in [-0.15, -0.1) is 0 Å². The number of anilines is 1. The summed E-state index contributed by atoms with van der Waals surface area (Å²) in [4.78, 5) is 35.5. The van der Waals surface area contributed by atoms with Crippen molar-refractivity contribution >= 4 is 33.8 Å². The average Bonchev–Trinajstić information content (AvgIpc) is 2.79. The van der Waals surface area contributed by atoms with Crippen LogP contribution in [0.15, 0.2) is 59.3 Å². The van der Waals surface area contributed by atoms with Crippen molar-refractivity contribution in [2.75, 3.05) is 4.90 Å². The number of imide groups is 1. The molecule has 0 spiro atoms. The van der Waals surface area contributed by atoms with Crippen LogP contribution in [0.3, 0.4) is 0 Å². The number of hydrogen-bond donors (Lipinski definition) is 0. The first-order chi connectivity index (χ1) is 17.7. The van der Waals surface area contributed by atoms with E-state index in [9.17, 15) is 9.59 Å². The maximum atomic E-state index is 13.1. The third kappa shape index (κ3) is 8.17. The lowest BCUT2D eigenvalue weighted by Crippen LogP contribution is -2.44. The second-order valence-electron chi connectivity index (χ2n) is 10.4. The lowest BCUT2D eigenvalue weighted by Gasteiger charge is -2.29. The molecule has 0 fully saturated rings. The van der Waals surface area contributed by atoms with Crippen LogP contribution in [0.25, 0.3) is 0 Å². The average molecular weight is 586 g/mol. The summed E-state index contributed by atoms with van der Waals surface area (Å²) in [5.41, 5.74) is 0.0388. The Morgan fingerprint density at radius 2 is 1.50 bits per heavy atom. The Bertz CT molecular complexity index is 1260. The molecule has 0 saturated heterocycles. The molecular formula is C28H32BrN3O6. The molecule has 3 rings (SSSR count). The molecule has 2 aromatic carbocycles. The van der Waals surface area contributed by atoms with Crippen molar-refractivity contribution in [1.82, 2.24) is 9.97 Å². The first-order valence-electron chi connectivity index (χ1n) is 12.0. The lowest BCUT2D eigenvalue weighted by molar-refractivity contribution is 0.0430. The summed E-state index contributed by atoms with van der Waals surface area (Å²) in [6.07, 6.45) is -0.420. The van der Waals surface area contributed by atoms with Crippen LogP contribution in [0.5, 0.6) is 17.4 Å². The van der Waals surface area contributed by atoms with E-state index in [4.69, 9.17) is 18.9 Å². The minimum absolute atomic E-state index is 0.170. The third-order valence-electron chi connectivity index (χ3n) is 4.70. The zero-order valence-electron chi connectivity index (χ0n) is 22.6. The minimum Gasteiger partial charge on any atom is -0.482 e. The van der Waals surface area contributed by atoms with E-state index in [-0.39, 0.29) is 11.6 Å². The molecule has 0 aliphatic carbocycles. The fourth-order valence-electron chi connectivity index (χ4n) is 3.13. The number of amides is 2. The van der Waals surface area contributed by atoms with Crippen LogP contribution in [0, 0.1) is 6.92 Å². The standard InChI is InChI=1S/C28H32BrN3O6/c1-18-23(35-16-19-11-9-8-10-12-19)24(31-17-30-18)36-20-13-14-21(29)22(15-20)32(25(33)37-27(2,3)4)26(34)38-28(5,6)7/h8-15,17H,16H2,1-7H3. The predicted octanol–water partition coefficient (Wildman–Crippen LogP) is 7.60. The van der Waals surface area contributed by atoms with Gasteiger partial charge in [0.2, 0.25) is 5.75 Å². The Morgan fingerprint density at radius 1 is 0.895 bits per heavy atom. The van der Waals surface area contributed by atoms with Gasteiger partial charge in [-0.25, -0.2) is 14.6 Å². The predicted molar refractivity (Wildman–Crippen MR) is 147 cm³/mol. The highest BCUT2D eigenvalue weighted by atomic mass is 79.9. The Labute approximate surface area is 231 Å². The largest absolute Gasteiger partial charge is 0.482 e. The molecule has 0 N–H and O–H groups in total. The Morgan fingerprint density at radius 3 is 2.08 bits per heavy atom. The van der Waals surface area contributed by atoms with Crippen molar-refractivity contribution in [3.8, 4) is 17.4 Å². The zero-order chi connectivity index (χ0) is 28.1. The Balaban J connectivity index is 1.95. The molecule has 0 saturated carbocycles. The van der Waals surface area contributed by atoms with Crippen molar-refractivity contribution < 1.29 is 28.5 Å². The van der Waals surface area contributed by atoms with Crippen LogP contribution in [-0.4, -0.2) is 33.4 Å². The van der Waals surface area contributed by atoms with Crippen molar-refractivity contribution in [1.29, 1.82) is 0 Å². The Hall–Kier alpha value is -3.66. The molecular weight excluding hydrogens is 554 g/mol. The lowest BCUT2D eigenvalue weighted by atomic mass is 10.2. The van der Waals surface area contributed by atoms with Gasteiger partial charge in [-0.05, 0) is 82.1 Å². The summed E-state index contributed by atoms with van der Waals surface area (Å²) < 4.78 is 23.5. The van der Waals surface area contributed by atoms with Gasteiger partial charge in [-0.2, -0.15) is 9.88 Å². The number of hydrogen-bond acceptors (Lipinski definition) is 8. The van der Waals surface area contributed by atoms with Gasteiger partial charge in [0.15, 0.2) is 0 Å². The number of carbonyl (C=O) groups excluding carboxylic acids is 2. The molecule has 0 aliphatic heterocycles. The number of aromatic nitrogens is 2. The number of ether oxygens (including phenoxy) is 4. The highest BCUT2D eigenvalue weighted by Crippen LogP contribution is 2.37. The molecule has 3 aromatic rings. The number of halogens is 1. The van der Waals surface area contributed by atoms with E-state index < -0.39 is 23.4 Å². The van der Waals surface area contributed by atoms with Gasteiger partial charge in [0.25, 0.3) is 5.88 Å². The van der Waals surface area contributed by atoms with Gasteiger partial charge >= 0.3 is 12.2 Å². The maximum absolute atomic E-state index is 13.1. The molecule has 10 heteroatoms. The highest BCUT2D eigenvalue weighted by molar-refractivity contribution is 9.10. The summed E-state index contributed by atoms with van der Waals surface area (Å²) in [6, 6.07) is 14.5. The zero-order valence-corrected chi connectivity index (χ0v) is 24.2. The van der Waals surface area contributed by atoms with Crippen LogP contribution < -0.4 is 14.4 Å². The molecule has 0 radical (unpaired) electrons. The van der Waals surface area contributed by atoms with Crippen LogP contribution in [0.2, 0.25) is 0 Å². The molecule has 0 bridgehead atoms. The van der Waals surface area contributed by atoms with E-state index in [0.29, 0.717) is 28.3 Å². The fraction of sp³-hybridized carbons (Fsp3) is 0.357. The normalized spacial score (nSPS) is 11.5. The second kappa shape index (κ2) is 11.8. The third-order valence-corrected chi connectivity index (χ3v) is 5.37. The molecule has 1 heterocycles. The number of aryl methyl sites for hydroxylation is 1. The topological polar surface area (TPSA) is 100 Å². The van der Waals surface area contributed by atoms with Gasteiger partial charge < -0.3 is 18.9 Å². The number of carbonyl (C=O) groups is 2. The molecule has 1 aromatic heterocycles. The summed E-state index contributed by atoms with van der Waals surface area (Å²) in [5, 5.41) is 0. The molecule has 0 atom stereocenters. The van der Waals surface area contributed by atoms with Crippen molar-refractivity contribution in [3.63, 3.8) is 0 Å². The van der Waals surface area contributed by atoms with Gasteiger partial charge in [-0.3, -0.25) is 0 Å². The fourth-order valence-corrected chi connectivity index (χ4v) is 3.56. The molecule has 9 nitrogen and oxygen atoms in total. The molecule has 38 heavy (non-hydrogen) atoms. The molecule has 2 amide bonds. The van der Waals surface area contributed by atoms with E-state index in [1.165, 1.54) is 12.4 Å². The number of nitrogens with zero attached hydrogens (tertiary/aromatic N) is 3. The molecule has 0 unspecified atom stereocenters.